The van der Waals surface area contributed by atoms with Crippen LogP contribution in [0.2, 0.25) is 0 Å². The zero-order valence-electron chi connectivity index (χ0n) is 8.84. The lowest BCUT2D eigenvalue weighted by atomic mass is 9.80. The number of benzene rings is 1. The maximum Gasteiger partial charge on any atom is 0.488 e. The van der Waals surface area contributed by atoms with Crippen LogP contribution in [0.15, 0.2) is 24.3 Å². The van der Waals surface area contributed by atoms with Gasteiger partial charge in [0.1, 0.15) is 12.4 Å². The first-order valence-electron chi connectivity index (χ1n) is 4.70. The average Bonchev–Trinajstić information content (AvgIpc) is 2.14. The lowest BCUT2D eigenvalue weighted by Gasteiger charge is -2.17. The summed E-state index contributed by atoms with van der Waals surface area (Å²) in [7, 11) is -1.46. The van der Waals surface area contributed by atoms with Crippen molar-refractivity contribution < 1.29 is 19.9 Å². The van der Waals surface area contributed by atoms with Crippen molar-refractivity contribution in [3.05, 3.63) is 24.3 Å². The topological polar surface area (TPSA) is 69.9 Å². The first kappa shape index (κ1) is 12.0. The van der Waals surface area contributed by atoms with Crippen molar-refractivity contribution in [3.8, 4) is 5.75 Å². The van der Waals surface area contributed by atoms with Crippen molar-refractivity contribution in [2.24, 2.45) is 0 Å². The standard InChI is InChI=1S/C10H15BO4/c1-10(2,12)7-15-9-5-3-8(4-6-9)11(13)14/h3-6,12-14H,7H2,1-2H3. The van der Waals surface area contributed by atoms with Gasteiger partial charge in [-0.2, -0.15) is 0 Å². The van der Waals surface area contributed by atoms with E-state index in [1.807, 2.05) is 0 Å². The maximum absolute atomic E-state index is 9.42. The summed E-state index contributed by atoms with van der Waals surface area (Å²) in [6, 6.07) is 6.37. The van der Waals surface area contributed by atoms with Gasteiger partial charge in [-0.05, 0) is 31.4 Å². The number of ether oxygens (including phenoxy) is 1. The molecule has 5 heteroatoms. The van der Waals surface area contributed by atoms with E-state index in [9.17, 15) is 5.11 Å². The van der Waals surface area contributed by atoms with E-state index >= 15 is 0 Å². The molecule has 0 aliphatic carbocycles. The molecular formula is C10H15BO4. The number of aliphatic hydroxyl groups is 1. The van der Waals surface area contributed by atoms with Crippen molar-refractivity contribution in [2.75, 3.05) is 6.61 Å². The van der Waals surface area contributed by atoms with Crippen molar-refractivity contribution >= 4 is 12.6 Å². The molecule has 1 rings (SSSR count). The second kappa shape index (κ2) is 4.66. The molecule has 0 saturated carbocycles. The fraction of sp³-hybridized carbons (Fsp3) is 0.400. The van der Waals surface area contributed by atoms with Crippen LogP contribution in [0.25, 0.3) is 0 Å². The normalized spacial score (nSPS) is 11.3. The fourth-order valence-corrected chi connectivity index (χ4v) is 0.996. The molecule has 0 unspecified atom stereocenters. The first-order valence-corrected chi connectivity index (χ1v) is 4.70. The molecule has 0 spiro atoms. The third kappa shape index (κ3) is 4.33. The average molecular weight is 210 g/mol. The molecule has 15 heavy (non-hydrogen) atoms. The predicted octanol–water partition coefficient (Wildman–Crippen LogP) is -0.484. The van der Waals surface area contributed by atoms with Crippen LogP contribution >= 0.6 is 0 Å². The van der Waals surface area contributed by atoms with Gasteiger partial charge in [0.2, 0.25) is 0 Å². The largest absolute Gasteiger partial charge is 0.491 e. The van der Waals surface area contributed by atoms with Crippen LogP contribution in [0.3, 0.4) is 0 Å². The molecule has 82 valence electrons. The highest BCUT2D eigenvalue weighted by atomic mass is 16.5. The summed E-state index contributed by atoms with van der Waals surface area (Å²) >= 11 is 0. The van der Waals surface area contributed by atoms with Gasteiger partial charge in [-0.15, -0.1) is 0 Å². The molecule has 0 fully saturated rings. The van der Waals surface area contributed by atoms with E-state index < -0.39 is 12.7 Å². The minimum atomic E-state index is -1.46. The van der Waals surface area contributed by atoms with Gasteiger partial charge in [0.25, 0.3) is 0 Å². The van der Waals surface area contributed by atoms with E-state index in [1.165, 1.54) is 0 Å². The Morgan fingerprint density at radius 3 is 2.13 bits per heavy atom. The zero-order chi connectivity index (χ0) is 11.5. The van der Waals surface area contributed by atoms with E-state index in [4.69, 9.17) is 14.8 Å². The molecule has 4 nitrogen and oxygen atoms in total. The number of rotatable bonds is 4. The molecule has 0 saturated heterocycles. The zero-order valence-corrected chi connectivity index (χ0v) is 8.84. The van der Waals surface area contributed by atoms with Gasteiger partial charge < -0.3 is 19.9 Å². The molecule has 0 bridgehead atoms. The van der Waals surface area contributed by atoms with Gasteiger partial charge in [0.05, 0.1) is 5.60 Å². The summed E-state index contributed by atoms with van der Waals surface area (Å²) in [5.74, 6) is 0.585. The SMILES string of the molecule is CC(C)(O)COc1ccc(B(O)O)cc1. The van der Waals surface area contributed by atoms with Crippen molar-refractivity contribution in [3.63, 3.8) is 0 Å². The number of hydrogen-bond acceptors (Lipinski definition) is 4. The second-order valence-corrected chi connectivity index (χ2v) is 4.04. The van der Waals surface area contributed by atoms with E-state index in [0.717, 1.165) is 0 Å². The highest BCUT2D eigenvalue weighted by Crippen LogP contribution is 2.10. The van der Waals surface area contributed by atoms with Crippen LogP contribution in [-0.4, -0.2) is 34.5 Å². The molecule has 0 heterocycles. The van der Waals surface area contributed by atoms with Crippen LogP contribution in [0.5, 0.6) is 5.75 Å². The van der Waals surface area contributed by atoms with Crippen molar-refractivity contribution in [2.45, 2.75) is 19.4 Å². The van der Waals surface area contributed by atoms with Crippen LogP contribution in [0.1, 0.15) is 13.8 Å². The summed E-state index contributed by atoms with van der Waals surface area (Å²) in [5, 5.41) is 27.1. The molecule has 0 radical (unpaired) electrons. The van der Waals surface area contributed by atoms with Gasteiger partial charge in [0.15, 0.2) is 0 Å². The Bertz CT molecular complexity index is 302. The van der Waals surface area contributed by atoms with Gasteiger partial charge in [-0.25, -0.2) is 0 Å². The summed E-state index contributed by atoms with van der Waals surface area (Å²) in [6.45, 7) is 3.49. The summed E-state index contributed by atoms with van der Waals surface area (Å²) in [5.41, 5.74) is -0.472. The Morgan fingerprint density at radius 2 is 1.73 bits per heavy atom. The van der Waals surface area contributed by atoms with E-state index in [1.54, 1.807) is 38.1 Å². The quantitative estimate of drug-likeness (QED) is 0.587. The molecule has 0 aliphatic heterocycles. The van der Waals surface area contributed by atoms with Crippen LogP contribution in [-0.2, 0) is 0 Å². The highest BCUT2D eigenvalue weighted by Gasteiger charge is 2.14. The molecule has 0 aromatic heterocycles. The minimum absolute atomic E-state index is 0.189. The summed E-state index contributed by atoms with van der Waals surface area (Å²) in [6.07, 6.45) is 0. The molecule has 1 aromatic carbocycles. The van der Waals surface area contributed by atoms with Gasteiger partial charge in [-0.1, -0.05) is 12.1 Å². The molecule has 3 N–H and O–H groups in total. The van der Waals surface area contributed by atoms with E-state index in [-0.39, 0.29) is 6.61 Å². The van der Waals surface area contributed by atoms with Crippen LogP contribution in [0, 0.1) is 0 Å². The summed E-state index contributed by atoms with van der Waals surface area (Å²) < 4.78 is 5.29. The van der Waals surface area contributed by atoms with E-state index in [2.05, 4.69) is 0 Å². The second-order valence-electron chi connectivity index (χ2n) is 4.04. The number of hydrogen-bond donors (Lipinski definition) is 3. The highest BCUT2D eigenvalue weighted by molar-refractivity contribution is 6.58. The third-order valence-electron chi connectivity index (χ3n) is 1.77. The maximum atomic E-state index is 9.42. The monoisotopic (exact) mass is 210 g/mol. The Morgan fingerprint density at radius 1 is 1.20 bits per heavy atom. The Labute approximate surface area is 89.3 Å². The molecular weight excluding hydrogens is 195 g/mol. The molecule has 0 amide bonds. The van der Waals surface area contributed by atoms with Crippen molar-refractivity contribution in [1.82, 2.24) is 0 Å². The smallest absolute Gasteiger partial charge is 0.488 e. The molecule has 1 aromatic rings. The lowest BCUT2D eigenvalue weighted by Crippen LogP contribution is -2.30. The lowest BCUT2D eigenvalue weighted by molar-refractivity contribution is 0.0285. The van der Waals surface area contributed by atoms with E-state index in [0.29, 0.717) is 11.2 Å². The predicted molar refractivity (Wildman–Crippen MR) is 58.1 cm³/mol. The first-order chi connectivity index (χ1) is 6.88. The molecule has 0 atom stereocenters. The van der Waals surface area contributed by atoms with Crippen LogP contribution in [0.4, 0.5) is 0 Å². The van der Waals surface area contributed by atoms with Gasteiger partial charge in [0, 0.05) is 0 Å². The minimum Gasteiger partial charge on any atom is -0.491 e. The summed E-state index contributed by atoms with van der Waals surface area (Å²) in [4.78, 5) is 0. The third-order valence-corrected chi connectivity index (χ3v) is 1.77. The van der Waals surface area contributed by atoms with Crippen LogP contribution < -0.4 is 10.2 Å². The Balaban J connectivity index is 2.57. The Kier molecular flexibility index (Phi) is 3.74. The molecule has 0 aliphatic rings. The Hall–Kier alpha value is -1.04. The van der Waals surface area contributed by atoms with Gasteiger partial charge in [-0.3, -0.25) is 0 Å². The van der Waals surface area contributed by atoms with Crippen molar-refractivity contribution in [1.29, 1.82) is 0 Å². The fourth-order valence-electron chi connectivity index (χ4n) is 0.996. The van der Waals surface area contributed by atoms with Gasteiger partial charge >= 0.3 is 7.12 Å².